The Morgan fingerprint density at radius 2 is 2.05 bits per heavy atom. The van der Waals surface area contributed by atoms with Crippen LogP contribution in [-0.2, 0) is 24.2 Å². The van der Waals surface area contributed by atoms with Crippen LogP contribution < -0.4 is 10.6 Å². The van der Waals surface area contributed by atoms with Crippen molar-refractivity contribution >= 4 is 11.6 Å². The van der Waals surface area contributed by atoms with Gasteiger partial charge in [-0.25, -0.2) is 4.39 Å². The van der Waals surface area contributed by atoms with Gasteiger partial charge in [0, 0.05) is 6.54 Å². The van der Waals surface area contributed by atoms with Crippen LogP contribution in [0.5, 0.6) is 0 Å². The lowest BCUT2D eigenvalue weighted by atomic mass is 9.77. The number of halogens is 1. The van der Waals surface area contributed by atoms with E-state index in [9.17, 15) is 9.18 Å². The van der Waals surface area contributed by atoms with E-state index in [1.807, 2.05) is 30.3 Å². The van der Waals surface area contributed by atoms with Gasteiger partial charge in [0.2, 0.25) is 5.91 Å². The van der Waals surface area contributed by atoms with Crippen LogP contribution in [0, 0.1) is 5.82 Å². The number of hydrogen-bond acceptors (Lipinski definition) is 2. The van der Waals surface area contributed by atoms with Crippen LogP contribution in [0.1, 0.15) is 28.2 Å². The van der Waals surface area contributed by atoms with E-state index in [0.29, 0.717) is 18.7 Å². The third-order valence-corrected chi connectivity index (χ3v) is 4.64. The highest BCUT2D eigenvalue weighted by atomic mass is 19.1. The zero-order chi connectivity index (χ0) is 15.1. The smallest absolute Gasteiger partial charge is 0.232 e. The topological polar surface area (TPSA) is 41.1 Å². The molecule has 112 valence electrons. The highest BCUT2D eigenvalue weighted by Crippen LogP contribution is 2.36. The van der Waals surface area contributed by atoms with Crippen molar-refractivity contribution in [2.75, 3.05) is 11.9 Å². The van der Waals surface area contributed by atoms with E-state index < -0.39 is 0 Å². The molecule has 1 amide bonds. The summed E-state index contributed by atoms with van der Waals surface area (Å²) in [4.78, 5) is 12.4. The summed E-state index contributed by atoms with van der Waals surface area (Å²) in [6.07, 6.45) is 1.40. The van der Waals surface area contributed by atoms with Gasteiger partial charge < -0.3 is 10.6 Å². The lowest BCUT2D eigenvalue weighted by Gasteiger charge is -2.29. The van der Waals surface area contributed by atoms with Gasteiger partial charge in [-0.3, -0.25) is 4.79 Å². The van der Waals surface area contributed by atoms with Gasteiger partial charge in [0.1, 0.15) is 5.82 Å². The van der Waals surface area contributed by atoms with E-state index in [4.69, 9.17) is 0 Å². The molecule has 1 heterocycles. The molecule has 1 unspecified atom stereocenters. The first kappa shape index (κ1) is 13.5. The van der Waals surface area contributed by atoms with Crippen LogP contribution in [0.3, 0.4) is 0 Å². The molecule has 2 aliphatic rings. The second kappa shape index (κ2) is 5.21. The van der Waals surface area contributed by atoms with Gasteiger partial charge in [0.25, 0.3) is 0 Å². The molecule has 4 heteroatoms. The second-order valence-electron chi connectivity index (χ2n) is 5.94. The van der Waals surface area contributed by atoms with E-state index in [2.05, 4.69) is 10.6 Å². The Hall–Kier alpha value is -2.20. The largest absolute Gasteiger partial charge is 0.323 e. The maximum absolute atomic E-state index is 14.6. The fourth-order valence-electron chi connectivity index (χ4n) is 3.34. The van der Waals surface area contributed by atoms with Gasteiger partial charge in [-0.15, -0.1) is 0 Å². The van der Waals surface area contributed by atoms with Crippen molar-refractivity contribution in [2.45, 2.75) is 25.3 Å². The molecule has 0 saturated carbocycles. The Balaban J connectivity index is 1.56. The number of hydrogen-bond donors (Lipinski definition) is 2. The molecule has 0 saturated heterocycles. The maximum Gasteiger partial charge on any atom is 0.232 e. The van der Waals surface area contributed by atoms with Crippen LogP contribution in [0.15, 0.2) is 36.4 Å². The molecule has 0 aromatic heterocycles. The normalized spacial score (nSPS) is 18.9. The molecule has 2 aromatic carbocycles. The summed E-state index contributed by atoms with van der Waals surface area (Å²) in [5.41, 5.74) is 4.28. The Labute approximate surface area is 128 Å². The van der Waals surface area contributed by atoms with Crippen LogP contribution in [0.25, 0.3) is 0 Å². The molecule has 0 spiro atoms. The van der Waals surface area contributed by atoms with Crippen LogP contribution in [0.4, 0.5) is 10.1 Å². The standard InChI is InChI=1S/C18H17FN2O/c19-17-14-7-8-20-10-12(14)5-6-16(17)21-18(22)15-9-11-3-1-2-4-13(11)15/h1-6,15,20H,7-10H2,(H,21,22). The van der Waals surface area contributed by atoms with E-state index >= 15 is 0 Å². The first-order valence-corrected chi connectivity index (χ1v) is 7.63. The van der Waals surface area contributed by atoms with Crippen molar-refractivity contribution in [2.24, 2.45) is 0 Å². The highest BCUT2D eigenvalue weighted by molar-refractivity contribution is 5.98. The quantitative estimate of drug-likeness (QED) is 0.894. The molecule has 0 bridgehead atoms. The minimum absolute atomic E-state index is 0.119. The number of nitrogens with one attached hydrogen (secondary N) is 2. The van der Waals surface area contributed by atoms with Crippen molar-refractivity contribution in [1.29, 1.82) is 0 Å². The number of fused-ring (bicyclic) bond motifs is 2. The monoisotopic (exact) mass is 296 g/mol. The number of anilines is 1. The summed E-state index contributed by atoms with van der Waals surface area (Å²) in [7, 11) is 0. The summed E-state index contributed by atoms with van der Waals surface area (Å²) in [6, 6.07) is 11.5. The van der Waals surface area contributed by atoms with Gasteiger partial charge >= 0.3 is 0 Å². The fourth-order valence-corrected chi connectivity index (χ4v) is 3.34. The molecule has 2 N–H and O–H groups in total. The average molecular weight is 296 g/mol. The molecular formula is C18H17FN2O. The predicted octanol–water partition coefficient (Wildman–Crippen LogP) is 2.75. The number of carbonyl (C=O) groups is 1. The molecule has 2 aromatic rings. The Morgan fingerprint density at radius 3 is 2.91 bits per heavy atom. The Morgan fingerprint density at radius 1 is 1.18 bits per heavy atom. The van der Waals surface area contributed by atoms with E-state index in [1.165, 1.54) is 5.56 Å². The molecule has 0 fully saturated rings. The summed E-state index contributed by atoms with van der Waals surface area (Å²) in [5, 5.41) is 5.99. The lowest BCUT2D eigenvalue weighted by molar-refractivity contribution is -0.118. The van der Waals surface area contributed by atoms with Crippen molar-refractivity contribution in [3.05, 3.63) is 64.5 Å². The van der Waals surface area contributed by atoms with E-state index in [0.717, 1.165) is 29.7 Å². The zero-order valence-corrected chi connectivity index (χ0v) is 12.2. The number of rotatable bonds is 2. The number of carbonyl (C=O) groups excluding carboxylic acids is 1. The Bertz CT molecular complexity index is 757. The third kappa shape index (κ3) is 2.11. The third-order valence-electron chi connectivity index (χ3n) is 4.64. The fraction of sp³-hybridized carbons (Fsp3) is 0.278. The van der Waals surface area contributed by atoms with Crippen molar-refractivity contribution in [1.82, 2.24) is 5.32 Å². The molecule has 4 rings (SSSR count). The van der Waals surface area contributed by atoms with E-state index in [-0.39, 0.29) is 17.6 Å². The first-order chi connectivity index (χ1) is 10.7. The predicted molar refractivity (Wildman–Crippen MR) is 83.3 cm³/mol. The van der Waals surface area contributed by atoms with Crippen molar-refractivity contribution < 1.29 is 9.18 Å². The SMILES string of the molecule is O=C(Nc1ccc2c(c1F)CCNC2)C1Cc2ccccc21. The molecule has 1 aliphatic heterocycles. The summed E-state index contributed by atoms with van der Waals surface area (Å²) >= 11 is 0. The summed E-state index contributed by atoms with van der Waals surface area (Å²) in [6.45, 7) is 1.47. The molecule has 22 heavy (non-hydrogen) atoms. The van der Waals surface area contributed by atoms with Gasteiger partial charge in [0.15, 0.2) is 0 Å². The van der Waals surface area contributed by atoms with Gasteiger partial charge in [0.05, 0.1) is 11.6 Å². The average Bonchev–Trinajstić information content (AvgIpc) is 2.52. The van der Waals surface area contributed by atoms with Gasteiger partial charge in [-0.2, -0.15) is 0 Å². The molecule has 1 aliphatic carbocycles. The molecule has 1 atom stereocenters. The van der Waals surface area contributed by atoms with Crippen molar-refractivity contribution in [3.63, 3.8) is 0 Å². The lowest BCUT2D eigenvalue weighted by Crippen LogP contribution is -2.31. The van der Waals surface area contributed by atoms with Crippen LogP contribution >= 0.6 is 0 Å². The Kier molecular flexibility index (Phi) is 3.19. The summed E-state index contributed by atoms with van der Waals surface area (Å²) in [5.74, 6) is -0.556. The minimum atomic E-state index is -0.278. The van der Waals surface area contributed by atoms with E-state index in [1.54, 1.807) is 6.07 Å². The first-order valence-electron chi connectivity index (χ1n) is 7.63. The molecule has 0 radical (unpaired) electrons. The number of amides is 1. The summed E-state index contributed by atoms with van der Waals surface area (Å²) < 4.78 is 14.6. The highest BCUT2D eigenvalue weighted by Gasteiger charge is 2.32. The van der Waals surface area contributed by atoms with Gasteiger partial charge in [-0.05, 0) is 47.7 Å². The zero-order valence-electron chi connectivity index (χ0n) is 12.2. The molecular weight excluding hydrogens is 279 g/mol. The number of benzene rings is 2. The maximum atomic E-state index is 14.6. The minimum Gasteiger partial charge on any atom is -0.323 e. The second-order valence-corrected chi connectivity index (χ2v) is 5.94. The van der Waals surface area contributed by atoms with Crippen LogP contribution in [0.2, 0.25) is 0 Å². The molecule has 3 nitrogen and oxygen atoms in total. The van der Waals surface area contributed by atoms with Gasteiger partial charge in [-0.1, -0.05) is 30.3 Å². The van der Waals surface area contributed by atoms with Crippen LogP contribution in [-0.4, -0.2) is 12.5 Å². The van der Waals surface area contributed by atoms with Crippen molar-refractivity contribution in [3.8, 4) is 0 Å².